The number of anilines is 2. The summed E-state index contributed by atoms with van der Waals surface area (Å²) in [6, 6.07) is 19.4. The number of non-ortho nitro benzene ring substituents is 1. The van der Waals surface area contributed by atoms with Crippen molar-refractivity contribution < 1.29 is 14.5 Å². The first-order chi connectivity index (χ1) is 16.0. The Kier molecular flexibility index (Phi) is 6.78. The molecule has 166 valence electrons. The summed E-state index contributed by atoms with van der Waals surface area (Å²) in [5, 5.41) is 23.3. The molecule has 0 saturated carbocycles. The number of ether oxygens (including phenoxy) is 1. The molecule has 1 fully saturated rings. The van der Waals surface area contributed by atoms with E-state index in [-0.39, 0.29) is 11.3 Å². The van der Waals surface area contributed by atoms with Crippen LogP contribution < -0.4 is 10.2 Å². The normalized spacial score (nSPS) is 13.9. The summed E-state index contributed by atoms with van der Waals surface area (Å²) in [5.74, 6) is -0.498. The van der Waals surface area contributed by atoms with Crippen LogP contribution in [-0.4, -0.2) is 37.1 Å². The van der Waals surface area contributed by atoms with Crippen LogP contribution in [-0.2, 0) is 9.53 Å². The van der Waals surface area contributed by atoms with Gasteiger partial charge >= 0.3 is 0 Å². The molecule has 0 unspecified atom stereocenters. The van der Waals surface area contributed by atoms with E-state index in [0.717, 1.165) is 23.7 Å². The van der Waals surface area contributed by atoms with Gasteiger partial charge in [-0.3, -0.25) is 14.9 Å². The molecule has 0 radical (unpaired) electrons. The fraction of sp³-hybridized carbons (Fsp3) is 0.167. The van der Waals surface area contributed by atoms with Crippen molar-refractivity contribution in [3.63, 3.8) is 0 Å². The molecule has 1 aliphatic heterocycles. The number of morpholine rings is 1. The Morgan fingerprint density at radius 1 is 1.15 bits per heavy atom. The number of rotatable bonds is 6. The van der Waals surface area contributed by atoms with Gasteiger partial charge in [0.25, 0.3) is 11.6 Å². The second-order valence-electron chi connectivity index (χ2n) is 7.28. The molecule has 2 aromatic carbocycles. The van der Waals surface area contributed by atoms with E-state index >= 15 is 0 Å². The first-order valence-corrected chi connectivity index (χ1v) is 11.1. The van der Waals surface area contributed by atoms with Crippen LogP contribution in [0.5, 0.6) is 0 Å². The molecule has 4 rings (SSSR count). The fourth-order valence-electron chi connectivity index (χ4n) is 3.42. The van der Waals surface area contributed by atoms with E-state index in [1.807, 2.05) is 36.4 Å². The van der Waals surface area contributed by atoms with Gasteiger partial charge in [-0.1, -0.05) is 12.1 Å². The quantitative estimate of drug-likeness (QED) is 0.247. The van der Waals surface area contributed by atoms with Gasteiger partial charge in [-0.15, -0.1) is 11.3 Å². The Morgan fingerprint density at radius 3 is 2.61 bits per heavy atom. The summed E-state index contributed by atoms with van der Waals surface area (Å²) in [6.45, 7) is 3.04. The molecule has 1 aromatic heterocycles. The van der Waals surface area contributed by atoms with Gasteiger partial charge in [0.05, 0.1) is 18.1 Å². The standard InChI is InChI=1S/C24H20N4O4S/c25-16-18(15-22-8-9-23(33-22)17-2-1-3-21(14-17)28(30)31)24(29)26-19-4-6-20(7-5-19)27-10-12-32-13-11-27/h1-9,14-15H,10-13H2,(H,26,29)/b18-15+. The average Bonchev–Trinajstić information content (AvgIpc) is 3.32. The molecule has 0 bridgehead atoms. The molecule has 1 saturated heterocycles. The third-order valence-electron chi connectivity index (χ3n) is 5.12. The molecule has 9 heteroatoms. The van der Waals surface area contributed by atoms with Crippen LogP contribution in [0.4, 0.5) is 17.1 Å². The monoisotopic (exact) mass is 460 g/mol. The van der Waals surface area contributed by atoms with Crippen LogP contribution in [0.3, 0.4) is 0 Å². The number of nitrogens with one attached hydrogen (secondary N) is 1. The van der Waals surface area contributed by atoms with Crippen LogP contribution >= 0.6 is 11.3 Å². The maximum Gasteiger partial charge on any atom is 0.270 e. The Labute approximate surface area is 194 Å². The zero-order valence-corrected chi connectivity index (χ0v) is 18.4. The Balaban J connectivity index is 1.45. The van der Waals surface area contributed by atoms with E-state index in [9.17, 15) is 20.2 Å². The predicted molar refractivity (Wildman–Crippen MR) is 128 cm³/mol. The highest BCUT2D eigenvalue weighted by Crippen LogP contribution is 2.31. The minimum absolute atomic E-state index is 0.00900. The summed E-state index contributed by atoms with van der Waals surface area (Å²) in [6.07, 6.45) is 1.52. The number of nitriles is 1. The zero-order valence-electron chi connectivity index (χ0n) is 17.6. The molecule has 0 aliphatic carbocycles. The first-order valence-electron chi connectivity index (χ1n) is 10.2. The van der Waals surface area contributed by atoms with Crippen LogP contribution in [0.2, 0.25) is 0 Å². The van der Waals surface area contributed by atoms with E-state index < -0.39 is 10.8 Å². The number of nitro groups is 1. The Bertz CT molecular complexity index is 1240. The van der Waals surface area contributed by atoms with E-state index in [0.29, 0.717) is 29.3 Å². The van der Waals surface area contributed by atoms with E-state index in [2.05, 4.69) is 10.2 Å². The number of carbonyl (C=O) groups excluding carboxylic acids is 1. The van der Waals surface area contributed by atoms with Crippen molar-refractivity contribution in [2.45, 2.75) is 0 Å². The van der Waals surface area contributed by atoms with Crippen molar-refractivity contribution in [1.82, 2.24) is 0 Å². The van der Waals surface area contributed by atoms with Crippen LogP contribution in [0.15, 0.2) is 66.2 Å². The lowest BCUT2D eigenvalue weighted by Gasteiger charge is -2.28. The molecule has 8 nitrogen and oxygen atoms in total. The van der Waals surface area contributed by atoms with E-state index in [1.165, 1.54) is 29.5 Å². The summed E-state index contributed by atoms with van der Waals surface area (Å²) < 4.78 is 5.36. The zero-order chi connectivity index (χ0) is 23.2. The van der Waals surface area contributed by atoms with Gasteiger partial charge in [0.1, 0.15) is 11.6 Å². The van der Waals surface area contributed by atoms with E-state index in [4.69, 9.17) is 4.74 Å². The summed E-state index contributed by atoms with van der Waals surface area (Å²) in [4.78, 5) is 26.9. The number of hydrogen-bond acceptors (Lipinski definition) is 7. The molecule has 1 amide bonds. The fourth-order valence-corrected chi connectivity index (χ4v) is 4.37. The van der Waals surface area contributed by atoms with Gasteiger partial charge in [0, 0.05) is 46.4 Å². The molecule has 2 heterocycles. The Morgan fingerprint density at radius 2 is 1.91 bits per heavy atom. The average molecular weight is 461 g/mol. The van der Waals surface area contributed by atoms with Gasteiger partial charge in [0.15, 0.2) is 0 Å². The van der Waals surface area contributed by atoms with Crippen molar-refractivity contribution >= 4 is 40.4 Å². The lowest BCUT2D eigenvalue weighted by Crippen LogP contribution is -2.36. The lowest BCUT2D eigenvalue weighted by atomic mass is 10.1. The maximum absolute atomic E-state index is 12.6. The number of nitro benzene ring substituents is 1. The topological polar surface area (TPSA) is 108 Å². The van der Waals surface area contributed by atoms with Crippen molar-refractivity contribution in [2.75, 3.05) is 36.5 Å². The number of amides is 1. The Hall–Kier alpha value is -4.00. The van der Waals surface area contributed by atoms with Crippen molar-refractivity contribution in [3.05, 3.63) is 81.2 Å². The van der Waals surface area contributed by atoms with Gasteiger partial charge < -0.3 is 15.0 Å². The maximum atomic E-state index is 12.6. The van der Waals surface area contributed by atoms with Gasteiger partial charge in [-0.2, -0.15) is 5.26 Å². The molecule has 0 atom stereocenters. The highest BCUT2D eigenvalue weighted by molar-refractivity contribution is 7.16. The highest BCUT2D eigenvalue weighted by Gasteiger charge is 2.14. The molecular formula is C24H20N4O4S. The van der Waals surface area contributed by atoms with E-state index in [1.54, 1.807) is 18.2 Å². The second kappa shape index (κ2) is 10.1. The minimum Gasteiger partial charge on any atom is -0.378 e. The molecular weight excluding hydrogens is 440 g/mol. The van der Waals surface area contributed by atoms with Crippen LogP contribution in [0.1, 0.15) is 4.88 Å². The number of carbonyl (C=O) groups is 1. The predicted octanol–water partition coefficient (Wildman–Crippen LogP) is 4.71. The number of hydrogen-bond donors (Lipinski definition) is 1. The SMILES string of the molecule is N#C/C(=C\c1ccc(-c2cccc([N+](=O)[O-])c2)s1)C(=O)Nc1ccc(N2CCOCC2)cc1. The highest BCUT2D eigenvalue weighted by atomic mass is 32.1. The van der Waals surface area contributed by atoms with Crippen molar-refractivity contribution in [1.29, 1.82) is 5.26 Å². The van der Waals surface area contributed by atoms with Crippen LogP contribution in [0, 0.1) is 21.4 Å². The first kappa shape index (κ1) is 22.2. The smallest absolute Gasteiger partial charge is 0.270 e. The lowest BCUT2D eigenvalue weighted by molar-refractivity contribution is -0.384. The van der Waals surface area contributed by atoms with Gasteiger partial charge in [-0.25, -0.2) is 0 Å². The summed E-state index contributed by atoms with van der Waals surface area (Å²) >= 11 is 1.35. The number of nitrogens with zero attached hydrogens (tertiary/aromatic N) is 3. The molecule has 33 heavy (non-hydrogen) atoms. The minimum atomic E-state index is -0.498. The summed E-state index contributed by atoms with van der Waals surface area (Å²) in [5.41, 5.74) is 2.34. The number of benzene rings is 2. The van der Waals surface area contributed by atoms with Gasteiger partial charge in [0.2, 0.25) is 0 Å². The van der Waals surface area contributed by atoms with Crippen LogP contribution in [0.25, 0.3) is 16.5 Å². The molecule has 1 N–H and O–H groups in total. The largest absolute Gasteiger partial charge is 0.378 e. The third-order valence-corrected chi connectivity index (χ3v) is 6.20. The molecule has 1 aliphatic rings. The molecule has 3 aromatic rings. The number of thiophene rings is 1. The molecule has 0 spiro atoms. The second-order valence-corrected chi connectivity index (χ2v) is 8.40. The summed E-state index contributed by atoms with van der Waals surface area (Å²) in [7, 11) is 0. The van der Waals surface area contributed by atoms with Crippen molar-refractivity contribution in [2.24, 2.45) is 0 Å². The van der Waals surface area contributed by atoms with Crippen molar-refractivity contribution in [3.8, 4) is 16.5 Å². The van der Waals surface area contributed by atoms with Gasteiger partial charge in [-0.05, 0) is 48.0 Å². The third kappa shape index (κ3) is 5.44.